The second-order valence-corrected chi connectivity index (χ2v) is 6.54. The molecule has 0 aliphatic rings. The van der Waals surface area contributed by atoms with E-state index in [0.717, 1.165) is 11.1 Å². The number of hydrogen-bond donors (Lipinski definition) is 1. The monoisotopic (exact) mass is 311 g/mol. The molecule has 0 fully saturated rings. The topological polar surface area (TPSA) is 57.6 Å². The molecule has 116 valence electrons. The van der Waals surface area contributed by atoms with Crippen LogP contribution in [-0.4, -0.2) is 34.0 Å². The molecule has 0 saturated carbocycles. The van der Waals surface area contributed by atoms with Gasteiger partial charge in [-0.2, -0.15) is 0 Å². The summed E-state index contributed by atoms with van der Waals surface area (Å²) in [5.74, 6) is -1.17. The predicted molar refractivity (Wildman–Crippen MR) is 83.6 cm³/mol. The highest BCUT2D eigenvalue weighted by molar-refractivity contribution is 6.31. The Balaban J connectivity index is 2.73. The minimum Gasteiger partial charge on any atom is -0.480 e. The van der Waals surface area contributed by atoms with Gasteiger partial charge in [-0.15, -0.1) is 0 Å². The number of rotatable bonds is 5. The molecule has 1 aromatic rings. The Kier molecular flexibility index (Phi) is 5.78. The summed E-state index contributed by atoms with van der Waals surface area (Å²) in [6, 6.07) is 5.71. The average molecular weight is 312 g/mol. The van der Waals surface area contributed by atoms with E-state index in [1.54, 1.807) is 0 Å². The van der Waals surface area contributed by atoms with Crippen LogP contribution in [0.25, 0.3) is 0 Å². The van der Waals surface area contributed by atoms with Crippen LogP contribution in [0.3, 0.4) is 0 Å². The van der Waals surface area contributed by atoms with Gasteiger partial charge in [-0.3, -0.25) is 9.59 Å². The third-order valence-corrected chi connectivity index (χ3v) is 3.68. The fraction of sp³-hybridized carbons (Fsp3) is 0.500. The summed E-state index contributed by atoms with van der Waals surface area (Å²) >= 11 is 6.06. The molecule has 4 nitrogen and oxygen atoms in total. The third-order valence-electron chi connectivity index (χ3n) is 3.27. The van der Waals surface area contributed by atoms with Gasteiger partial charge in [0, 0.05) is 17.0 Å². The molecule has 0 aliphatic carbocycles. The molecule has 0 saturated heterocycles. The largest absolute Gasteiger partial charge is 0.480 e. The number of hydrogen-bond acceptors (Lipinski definition) is 2. The van der Waals surface area contributed by atoms with Crippen LogP contribution in [0, 0.1) is 6.92 Å². The number of halogens is 1. The highest BCUT2D eigenvalue weighted by atomic mass is 35.5. The van der Waals surface area contributed by atoms with Gasteiger partial charge >= 0.3 is 5.97 Å². The van der Waals surface area contributed by atoms with Crippen molar-refractivity contribution in [3.8, 4) is 0 Å². The summed E-state index contributed by atoms with van der Waals surface area (Å²) in [7, 11) is 0. The van der Waals surface area contributed by atoms with Crippen molar-refractivity contribution in [2.75, 3.05) is 6.54 Å². The lowest BCUT2D eigenvalue weighted by atomic mass is 10.0. The lowest BCUT2D eigenvalue weighted by molar-refractivity contribution is -0.148. The van der Waals surface area contributed by atoms with E-state index in [0.29, 0.717) is 11.4 Å². The molecular weight excluding hydrogens is 290 g/mol. The Morgan fingerprint density at radius 1 is 1.29 bits per heavy atom. The molecule has 0 aromatic heterocycles. The van der Waals surface area contributed by atoms with Crippen molar-refractivity contribution in [3.63, 3.8) is 0 Å². The number of carboxylic acid groups (broad SMARTS) is 1. The Bertz CT molecular complexity index is 535. The second kappa shape index (κ2) is 6.94. The summed E-state index contributed by atoms with van der Waals surface area (Å²) in [5.41, 5.74) is 1.46. The van der Waals surface area contributed by atoms with Crippen molar-refractivity contribution in [2.45, 2.75) is 46.1 Å². The number of carbonyl (C=O) groups excluding carboxylic acids is 1. The van der Waals surface area contributed by atoms with Crippen molar-refractivity contribution in [3.05, 3.63) is 34.3 Å². The zero-order valence-electron chi connectivity index (χ0n) is 12.9. The SMILES string of the molecule is Cc1ccc(CCC(=O)N(CC(=O)O)C(C)(C)C)cc1Cl. The maximum Gasteiger partial charge on any atom is 0.323 e. The van der Waals surface area contributed by atoms with Crippen molar-refractivity contribution in [1.82, 2.24) is 4.90 Å². The smallest absolute Gasteiger partial charge is 0.323 e. The first kappa shape index (κ1) is 17.5. The van der Waals surface area contributed by atoms with Crippen LogP contribution in [0.1, 0.15) is 38.3 Å². The van der Waals surface area contributed by atoms with E-state index in [1.807, 2.05) is 45.9 Å². The van der Waals surface area contributed by atoms with Crippen LogP contribution in [-0.2, 0) is 16.0 Å². The van der Waals surface area contributed by atoms with Crippen molar-refractivity contribution >= 4 is 23.5 Å². The van der Waals surface area contributed by atoms with E-state index in [2.05, 4.69) is 0 Å². The van der Waals surface area contributed by atoms with Crippen molar-refractivity contribution in [2.24, 2.45) is 0 Å². The van der Waals surface area contributed by atoms with Gasteiger partial charge in [0.2, 0.25) is 5.91 Å². The Morgan fingerprint density at radius 2 is 1.90 bits per heavy atom. The van der Waals surface area contributed by atoms with Gasteiger partial charge in [0.1, 0.15) is 6.54 Å². The standard InChI is InChI=1S/C16H22ClNO3/c1-11-5-6-12(9-13(11)17)7-8-14(19)18(10-15(20)21)16(2,3)4/h5-6,9H,7-8,10H2,1-4H3,(H,20,21). The highest BCUT2D eigenvalue weighted by Gasteiger charge is 2.27. The average Bonchev–Trinajstić information content (AvgIpc) is 2.35. The van der Waals surface area contributed by atoms with Gasteiger partial charge in [-0.05, 0) is 51.3 Å². The number of carboxylic acids is 1. The quantitative estimate of drug-likeness (QED) is 0.907. The Labute approximate surface area is 130 Å². The first-order valence-electron chi connectivity index (χ1n) is 6.88. The van der Waals surface area contributed by atoms with E-state index in [-0.39, 0.29) is 18.9 Å². The fourth-order valence-corrected chi connectivity index (χ4v) is 2.22. The minimum absolute atomic E-state index is 0.165. The Morgan fingerprint density at radius 3 is 2.38 bits per heavy atom. The molecule has 5 heteroatoms. The minimum atomic E-state index is -1.00. The molecule has 0 atom stereocenters. The second-order valence-electron chi connectivity index (χ2n) is 6.13. The summed E-state index contributed by atoms with van der Waals surface area (Å²) < 4.78 is 0. The summed E-state index contributed by atoms with van der Waals surface area (Å²) in [6.45, 7) is 7.13. The summed E-state index contributed by atoms with van der Waals surface area (Å²) in [6.07, 6.45) is 0.814. The molecule has 1 rings (SSSR count). The molecule has 1 aromatic carbocycles. The fourth-order valence-electron chi connectivity index (χ4n) is 2.01. The first-order valence-corrected chi connectivity index (χ1v) is 7.26. The molecule has 1 N–H and O–H groups in total. The summed E-state index contributed by atoms with van der Waals surface area (Å²) in [5, 5.41) is 9.62. The van der Waals surface area contributed by atoms with Crippen LogP contribution in [0.15, 0.2) is 18.2 Å². The molecule has 0 bridgehead atoms. The summed E-state index contributed by atoms with van der Waals surface area (Å²) in [4.78, 5) is 24.6. The van der Waals surface area contributed by atoms with E-state index in [1.165, 1.54) is 4.90 Å². The number of carbonyl (C=O) groups is 2. The van der Waals surface area contributed by atoms with Gasteiger partial charge < -0.3 is 10.0 Å². The van der Waals surface area contributed by atoms with Gasteiger partial charge in [0.15, 0.2) is 0 Å². The first-order chi connectivity index (χ1) is 9.61. The van der Waals surface area contributed by atoms with Crippen LogP contribution >= 0.6 is 11.6 Å². The van der Waals surface area contributed by atoms with E-state index in [9.17, 15) is 9.59 Å². The van der Waals surface area contributed by atoms with E-state index >= 15 is 0 Å². The van der Waals surface area contributed by atoms with Crippen molar-refractivity contribution in [1.29, 1.82) is 0 Å². The van der Waals surface area contributed by atoms with Crippen LogP contribution in [0.4, 0.5) is 0 Å². The predicted octanol–water partition coefficient (Wildman–Crippen LogP) is 3.29. The number of nitrogens with zero attached hydrogens (tertiary/aromatic N) is 1. The lowest BCUT2D eigenvalue weighted by Crippen LogP contribution is -2.48. The molecule has 0 heterocycles. The number of amides is 1. The number of benzene rings is 1. The normalized spacial score (nSPS) is 11.3. The zero-order valence-corrected chi connectivity index (χ0v) is 13.7. The molecule has 0 radical (unpaired) electrons. The maximum atomic E-state index is 12.3. The Hall–Kier alpha value is -1.55. The lowest BCUT2D eigenvalue weighted by Gasteiger charge is -2.34. The zero-order chi connectivity index (χ0) is 16.2. The molecular formula is C16H22ClNO3. The van der Waals surface area contributed by atoms with Crippen LogP contribution in [0.5, 0.6) is 0 Å². The van der Waals surface area contributed by atoms with E-state index < -0.39 is 11.5 Å². The van der Waals surface area contributed by atoms with Gasteiger partial charge in [0.05, 0.1) is 0 Å². The van der Waals surface area contributed by atoms with E-state index in [4.69, 9.17) is 16.7 Å². The van der Waals surface area contributed by atoms with Gasteiger partial charge in [0.25, 0.3) is 0 Å². The number of aliphatic carboxylic acids is 1. The number of aryl methyl sites for hydroxylation is 2. The van der Waals surface area contributed by atoms with Gasteiger partial charge in [-0.25, -0.2) is 0 Å². The maximum absolute atomic E-state index is 12.3. The highest BCUT2D eigenvalue weighted by Crippen LogP contribution is 2.19. The van der Waals surface area contributed by atoms with Crippen LogP contribution in [0.2, 0.25) is 5.02 Å². The molecule has 0 unspecified atom stereocenters. The van der Waals surface area contributed by atoms with Gasteiger partial charge in [-0.1, -0.05) is 23.7 Å². The molecule has 1 amide bonds. The molecule has 21 heavy (non-hydrogen) atoms. The van der Waals surface area contributed by atoms with Crippen LogP contribution < -0.4 is 0 Å². The van der Waals surface area contributed by atoms with Crippen molar-refractivity contribution < 1.29 is 14.7 Å². The molecule has 0 aliphatic heterocycles. The molecule has 0 spiro atoms. The third kappa shape index (κ3) is 5.38.